The summed E-state index contributed by atoms with van der Waals surface area (Å²) in [5, 5.41) is 0. The van der Waals surface area contributed by atoms with Gasteiger partial charge in [0.15, 0.2) is 0 Å². The van der Waals surface area contributed by atoms with E-state index in [0.717, 1.165) is 10.5 Å². The average Bonchev–Trinajstić information content (AvgIpc) is 3.20. The summed E-state index contributed by atoms with van der Waals surface area (Å²) in [6, 6.07) is 9.78. The lowest BCUT2D eigenvalue weighted by Gasteiger charge is -2.31. The normalized spacial score (nSPS) is 17.1. The molecule has 0 aromatic heterocycles. The number of unbranched alkanes of at least 4 members (excludes halogenated alkanes) is 1. The first kappa shape index (κ1) is 14.0. The molecule has 0 heterocycles. The van der Waals surface area contributed by atoms with Crippen molar-refractivity contribution in [2.75, 3.05) is 13.1 Å². The van der Waals surface area contributed by atoms with Crippen LogP contribution in [0.5, 0.6) is 0 Å². The van der Waals surface area contributed by atoms with Gasteiger partial charge in [-0.1, -0.05) is 41.4 Å². The molecule has 100 valence electrons. The molecule has 1 fully saturated rings. The molecule has 1 aliphatic carbocycles. The maximum atomic E-state index is 6.03. The maximum Gasteiger partial charge on any atom is 0.0473 e. The van der Waals surface area contributed by atoms with Crippen molar-refractivity contribution in [2.45, 2.75) is 44.7 Å². The molecule has 1 aromatic rings. The van der Waals surface area contributed by atoms with Gasteiger partial charge < -0.3 is 5.73 Å². The largest absolute Gasteiger partial charge is 0.329 e. The Hall–Kier alpha value is -0.380. The molecule has 0 bridgehead atoms. The van der Waals surface area contributed by atoms with Gasteiger partial charge in [-0.3, -0.25) is 4.90 Å². The first-order valence-corrected chi connectivity index (χ1v) is 7.76. The first-order valence-electron chi connectivity index (χ1n) is 6.97. The van der Waals surface area contributed by atoms with Crippen molar-refractivity contribution in [3.63, 3.8) is 0 Å². The summed E-state index contributed by atoms with van der Waals surface area (Å²) in [6.45, 7) is 4.14. The number of benzene rings is 1. The highest BCUT2D eigenvalue weighted by Gasteiger charge is 2.33. The summed E-state index contributed by atoms with van der Waals surface area (Å²) in [5.74, 6) is 0. The van der Waals surface area contributed by atoms with Gasteiger partial charge in [-0.2, -0.15) is 0 Å². The Morgan fingerprint density at radius 2 is 2.00 bits per heavy atom. The number of nitrogens with two attached hydrogens (primary N) is 1. The van der Waals surface area contributed by atoms with Crippen LogP contribution in [0.25, 0.3) is 0 Å². The Kier molecular flexibility index (Phi) is 5.22. The van der Waals surface area contributed by atoms with Crippen LogP contribution in [0.1, 0.15) is 44.2 Å². The minimum atomic E-state index is 0.386. The van der Waals surface area contributed by atoms with E-state index in [2.05, 4.69) is 52.0 Å². The monoisotopic (exact) mass is 310 g/mol. The van der Waals surface area contributed by atoms with Crippen LogP contribution >= 0.6 is 15.9 Å². The van der Waals surface area contributed by atoms with Crippen LogP contribution in [0.15, 0.2) is 28.7 Å². The molecule has 0 aliphatic heterocycles. The van der Waals surface area contributed by atoms with E-state index in [1.165, 1.54) is 37.8 Å². The third-order valence-corrected chi connectivity index (χ3v) is 4.19. The summed E-state index contributed by atoms with van der Waals surface area (Å²) < 4.78 is 1.13. The molecule has 1 aromatic carbocycles. The molecule has 0 radical (unpaired) electrons. The van der Waals surface area contributed by atoms with E-state index in [1.807, 2.05) is 0 Å². The van der Waals surface area contributed by atoms with Crippen LogP contribution < -0.4 is 5.73 Å². The van der Waals surface area contributed by atoms with Crippen molar-refractivity contribution in [3.8, 4) is 0 Å². The van der Waals surface area contributed by atoms with Gasteiger partial charge >= 0.3 is 0 Å². The third-order valence-electron chi connectivity index (χ3n) is 3.66. The standard InChI is InChI=1S/C15H23BrN2/c1-2-3-10-18(14-8-9-14)15(11-17)12-4-6-13(16)7-5-12/h4-7,14-15H,2-3,8-11,17H2,1H3. The molecule has 18 heavy (non-hydrogen) atoms. The van der Waals surface area contributed by atoms with Crippen molar-refractivity contribution < 1.29 is 0 Å². The molecule has 0 amide bonds. The second kappa shape index (κ2) is 6.69. The second-order valence-corrected chi connectivity index (χ2v) is 6.04. The number of rotatable bonds is 7. The van der Waals surface area contributed by atoms with Gasteiger partial charge in [0.05, 0.1) is 0 Å². The van der Waals surface area contributed by atoms with E-state index in [-0.39, 0.29) is 0 Å². The smallest absolute Gasteiger partial charge is 0.0473 e. The molecule has 1 aliphatic rings. The quantitative estimate of drug-likeness (QED) is 0.831. The number of hydrogen-bond acceptors (Lipinski definition) is 2. The van der Waals surface area contributed by atoms with Gasteiger partial charge in [0.1, 0.15) is 0 Å². The van der Waals surface area contributed by atoms with Crippen molar-refractivity contribution in [1.29, 1.82) is 0 Å². The van der Waals surface area contributed by atoms with Crippen LogP contribution in [-0.4, -0.2) is 24.0 Å². The van der Waals surface area contributed by atoms with Gasteiger partial charge in [0.2, 0.25) is 0 Å². The van der Waals surface area contributed by atoms with Gasteiger partial charge in [-0.15, -0.1) is 0 Å². The lowest BCUT2D eigenvalue weighted by Crippen LogP contribution is -2.36. The van der Waals surface area contributed by atoms with Crippen LogP contribution in [-0.2, 0) is 0 Å². The van der Waals surface area contributed by atoms with Crippen molar-refractivity contribution >= 4 is 15.9 Å². The molecular formula is C15H23BrN2. The van der Waals surface area contributed by atoms with E-state index in [0.29, 0.717) is 12.6 Å². The Labute approximate surface area is 119 Å². The highest BCUT2D eigenvalue weighted by atomic mass is 79.9. The molecule has 1 unspecified atom stereocenters. The van der Waals surface area contributed by atoms with E-state index in [9.17, 15) is 0 Å². The zero-order chi connectivity index (χ0) is 13.0. The molecule has 2 N–H and O–H groups in total. The number of nitrogens with zero attached hydrogens (tertiary/aromatic N) is 1. The van der Waals surface area contributed by atoms with Gasteiger partial charge in [-0.05, 0) is 43.5 Å². The fourth-order valence-electron chi connectivity index (χ4n) is 2.49. The fourth-order valence-corrected chi connectivity index (χ4v) is 2.75. The number of hydrogen-bond donors (Lipinski definition) is 1. The van der Waals surface area contributed by atoms with Crippen LogP contribution in [0.3, 0.4) is 0 Å². The molecule has 2 rings (SSSR count). The summed E-state index contributed by atoms with van der Waals surface area (Å²) in [4.78, 5) is 2.62. The van der Waals surface area contributed by atoms with Crippen molar-refractivity contribution in [2.24, 2.45) is 5.73 Å². The van der Waals surface area contributed by atoms with E-state index in [4.69, 9.17) is 5.73 Å². The third kappa shape index (κ3) is 3.56. The molecule has 3 heteroatoms. The van der Waals surface area contributed by atoms with Crippen molar-refractivity contribution in [3.05, 3.63) is 34.3 Å². The van der Waals surface area contributed by atoms with Crippen LogP contribution in [0.4, 0.5) is 0 Å². The van der Waals surface area contributed by atoms with Crippen molar-refractivity contribution in [1.82, 2.24) is 4.90 Å². The van der Waals surface area contributed by atoms with E-state index < -0.39 is 0 Å². The predicted molar refractivity (Wildman–Crippen MR) is 80.6 cm³/mol. The summed E-state index contributed by atoms with van der Waals surface area (Å²) in [5.41, 5.74) is 7.38. The van der Waals surface area contributed by atoms with E-state index in [1.54, 1.807) is 0 Å². The Morgan fingerprint density at radius 1 is 1.33 bits per heavy atom. The molecular weight excluding hydrogens is 288 g/mol. The minimum Gasteiger partial charge on any atom is -0.329 e. The van der Waals surface area contributed by atoms with Gasteiger partial charge in [0.25, 0.3) is 0 Å². The zero-order valence-corrected chi connectivity index (χ0v) is 12.7. The molecule has 2 nitrogen and oxygen atoms in total. The van der Waals surface area contributed by atoms with Crippen LogP contribution in [0.2, 0.25) is 0 Å². The average molecular weight is 311 g/mol. The Morgan fingerprint density at radius 3 is 2.50 bits per heavy atom. The Balaban J connectivity index is 2.11. The lowest BCUT2D eigenvalue weighted by molar-refractivity contribution is 0.188. The fraction of sp³-hybridized carbons (Fsp3) is 0.600. The van der Waals surface area contributed by atoms with E-state index >= 15 is 0 Å². The predicted octanol–water partition coefficient (Wildman–Crippen LogP) is 3.71. The Bertz CT molecular complexity index is 359. The molecule has 0 spiro atoms. The highest BCUT2D eigenvalue weighted by Crippen LogP contribution is 2.34. The molecule has 1 saturated carbocycles. The SMILES string of the molecule is CCCCN(C1CC1)C(CN)c1ccc(Br)cc1. The highest BCUT2D eigenvalue weighted by molar-refractivity contribution is 9.10. The minimum absolute atomic E-state index is 0.386. The molecule has 0 saturated heterocycles. The lowest BCUT2D eigenvalue weighted by atomic mass is 10.0. The summed E-state index contributed by atoms with van der Waals surface area (Å²) in [7, 11) is 0. The molecule has 1 atom stereocenters. The maximum absolute atomic E-state index is 6.03. The first-order chi connectivity index (χ1) is 8.76. The topological polar surface area (TPSA) is 29.3 Å². The second-order valence-electron chi connectivity index (χ2n) is 5.13. The summed E-state index contributed by atoms with van der Waals surface area (Å²) >= 11 is 3.49. The summed E-state index contributed by atoms with van der Waals surface area (Å²) in [6.07, 6.45) is 5.21. The van der Waals surface area contributed by atoms with Gasteiger partial charge in [0, 0.05) is 23.1 Å². The van der Waals surface area contributed by atoms with Crippen LogP contribution in [0, 0.1) is 0 Å². The van der Waals surface area contributed by atoms with Gasteiger partial charge in [-0.25, -0.2) is 0 Å². The number of halogens is 1. The zero-order valence-electron chi connectivity index (χ0n) is 11.1.